The summed E-state index contributed by atoms with van der Waals surface area (Å²) in [4.78, 5) is 0. The summed E-state index contributed by atoms with van der Waals surface area (Å²) in [7, 11) is 0. The molecule has 0 fully saturated rings. The van der Waals surface area contributed by atoms with Crippen LogP contribution in [0.4, 0.5) is 0 Å². The van der Waals surface area contributed by atoms with Gasteiger partial charge >= 0.3 is 0 Å². The molecular weight excluding hydrogens is 176 g/mol. The standard InChI is InChI=1S/C10H14N4/c1-10(2,7-11)14-9-6-4-3-5-8(9)12-13-14/h3-6H,7,11H2,1-2H3. The summed E-state index contributed by atoms with van der Waals surface area (Å²) in [5, 5.41) is 8.21. The van der Waals surface area contributed by atoms with Crippen LogP contribution in [0.15, 0.2) is 24.3 Å². The lowest BCUT2D eigenvalue weighted by Crippen LogP contribution is -2.35. The lowest BCUT2D eigenvalue weighted by atomic mass is 10.1. The first-order chi connectivity index (χ1) is 6.65. The van der Waals surface area contributed by atoms with Gasteiger partial charge in [0.15, 0.2) is 0 Å². The molecule has 0 radical (unpaired) electrons. The Morgan fingerprint density at radius 1 is 1.36 bits per heavy atom. The van der Waals surface area contributed by atoms with Gasteiger partial charge in [-0.3, -0.25) is 0 Å². The number of rotatable bonds is 2. The van der Waals surface area contributed by atoms with Gasteiger partial charge in [0.25, 0.3) is 0 Å². The molecule has 2 aromatic rings. The molecule has 2 N–H and O–H groups in total. The van der Waals surface area contributed by atoms with E-state index in [1.54, 1.807) is 0 Å². The molecule has 4 nitrogen and oxygen atoms in total. The van der Waals surface area contributed by atoms with Crippen LogP contribution in [0.3, 0.4) is 0 Å². The Balaban J connectivity index is 2.64. The minimum absolute atomic E-state index is 0.184. The highest BCUT2D eigenvalue weighted by molar-refractivity contribution is 5.74. The average molecular weight is 190 g/mol. The molecule has 4 heteroatoms. The molecule has 1 aromatic heterocycles. The van der Waals surface area contributed by atoms with Crippen molar-refractivity contribution in [3.8, 4) is 0 Å². The molecule has 1 heterocycles. The average Bonchev–Trinajstić information content (AvgIpc) is 2.61. The monoisotopic (exact) mass is 190 g/mol. The van der Waals surface area contributed by atoms with E-state index in [1.807, 2.05) is 42.8 Å². The van der Waals surface area contributed by atoms with Crippen LogP contribution >= 0.6 is 0 Å². The van der Waals surface area contributed by atoms with E-state index in [1.165, 1.54) is 0 Å². The van der Waals surface area contributed by atoms with Crippen LogP contribution in [-0.2, 0) is 5.54 Å². The maximum Gasteiger partial charge on any atom is 0.113 e. The summed E-state index contributed by atoms with van der Waals surface area (Å²) in [6.07, 6.45) is 0. The molecule has 14 heavy (non-hydrogen) atoms. The fourth-order valence-corrected chi connectivity index (χ4v) is 1.40. The van der Waals surface area contributed by atoms with Crippen LogP contribution in [0, 0.1) is 0 Å². The highest BCUT2D eigenvalue weighted by atomic mass is 15.5. The van der Waals surface area contributed by atoms with Crippen molar-refractivity contribution in [2.75, 3.05) is 6.54 Å². The molecule has 0 unspecified atom stereocenters. The predicted molar refractivity (Wildman–Crippen MR) is 55.9 cm³/mol. The van der Waals surface area contributed by atoms with Crippen molar-refractivity contribution < 1.29 is 0 Å². The maximum absolute atomic E-state index is 5.70. The Morgan fingerprint density at radius 3 is 2.79 bits per heavy atom. The van der Waals surface area contributed by atoms with E-state index in [4.69, 9.17) is 5.73 Å². The Kier molecular flexibility index (Phi) is 2.00. The lowest BCUT2D eigenvalue weighted by molar-refractivity contribution is 0.333. The van der Waals surface area contributed by atoms with Crippen LogP contribution in [0.1, 0.15) is 13.8 Å². The third-order valence-electron chi connectivity index (χ3n) is 2.42. The Labute approximate surface area is 82.7 Å². The summed E-state index contributed by atoms with van der Waals surface area (Å²) in [6.45, 7) is 4.64. The van der Waals surface area contributed by atoms with Crippen molar-refractivity contribution in [1.29, 1.82) is 0 Å². The fourth-order valence-electron chi connectivity index (χ4n) is 1.40. The first-order valence-corrected chi connectivity index (χ1v) is 4.66. The second kappa shape index (κ2) is 3.06. The second-order valence-corrected chi connectivity index (χ2v) is 4.01. The Bertz CT molecular complexity index is 444. The summed E-state index contributed by atoms with van der Waals surface area (Å²) in [6, 6.07) is 7.89. The molecule has 2 rings (SSSR count). The highest BCUT2D eigenvalue weighted by Gasteiger charge is 2.21. The number of hydrogen-bond donors (Lipinski definition) is 1. The number of aromatic nitrogens is 3. The maximum atomic E-state index is 5.70. The first-order valence-electron chi connectivity index (χ1n) is 4.66. The summed E-state index contributed by atoms with van der Waals surface area (Å²) >= 11 is 0. The van der Waals surface area contributed by atoms with E-state index < -0.39 is 0 Å². The van der Waals surface area contributed by atoms with Crippen molar-refractivity contribution >= 4 is 11.0 Å². The second-order valence-electron chi connectivity index (χ2n) is 4.01. The summed E-state index contributed by atoms with van der Waals surface area (Å²) in [5.41, 5.74) is 7.46. The van der Waals surface area contributed by atoms with E-state index in [-0.39, 0.29) is 5.54 Å². The Hall–Kier alpha value is -1.42. The van der Waals surface area contributed by atoms with Gasteiger partial charge < -0.3 is 5.73 Å². The van der Waals surface area contributed by atoms with E-state index in [0.29, 0.717) is 6.54 Å². The molecular formula is C10H14N4. The predicted octanol–water partition coefficient (Wildman–Crippen LogP) is 1.13. The zero-order chi connectivity index (χ0) is 10.2. The van der Waals surface area contributed by atoms with Gasteiger partial charge in [0.1, 0.15) is 5.52 Å². The van der Waals surface area contributed by atoms with Gasteiger partial charge in [-0.05, 0) is 26.0 Å². The number of hydrogen-bond acceptors (Lipinski definition) is 3. The zero-order valence-corrected chi connectivity index (χ0v) is 8.44. The van der Waals surface area contributed by atoms with Crippen molar-refractivity contribution in [2.24, 2.45) is 5.73 Å². The molecule has 0 saturated heterocycles. The molecule has 0 amide bonds. The smallest absolute Gasteiger partial charge is 0.113 e. The molecule has 0 aliphatic rings. The van der Waals surface area contributed by atoms with Gasteiger partial charge in [-0.1, -0.05) is 17.3 Å². The Morgan fingerprint density at radius 2 is 2.07 bits per heavy atom. The number of nitrogens with two attached hydrogens (primary N) is 1. The minimum Gasteiger partial charge on any atom is -0.328 e. The number of benzene rings is 1. The van der Waals surface area contributed by atoms with Gasteiger partial charge in [-0.25, -0.2) is 4.68 Å². The number of fused-ring (bicyclic) bond motifs is 1. The van der Waals surface area contributed by atoms with Gasteiger partial charge in [-0.15, -0.1) is 5.10 Å². The molecule has 0 saturated carbocycles. The zero-order valence-electron chi connectivity index (χ0n) is 8.44. The first kappa shape index (κ1) is 9.15. The van der Waals surface area contributed by atoms with Crippen molar-refractivity contribution in [3.63, 3.8) is 0 Å². The summed E-state index contributed by atoms with van der Waals surface area (Å²) < 4.78 is 1.88. The lowest BCUT2D eigenvalue weighted by Gasteiger charge is -2.22. The van der Waals surface area contributed by atoms with Gasteiger partial charge in [0.05, 0.1) is 11.1 Å². The van der Waals surface area contributed by atoms with Crippen LogP contribution < -0.4 is 5.73 Å². The van der Waals surface area contributed by atoms with E-state index in [9.17, 15) is 0 Å². The van der Waals surface area contributed by atoms with Crippen molar-refractivity contribution in [1.82, 2.24) is 15.0 Å². The van der Waals surface area contributed by atoms with Crippen molar-refractivity contribution in [3.05, 3.63) is 24.3 Å². The summed E-state index contributed by atoms with van der Waals surface area (Å²) in [5.74, 6) is 0. The molecule has 0 bridgehead atoms. The van der Waals surface area contributed by atoms with Gasteiger partial charge in [-0.2, -0.15) is 0 Å². The molecule has 0 aliphatic carbocycles. The third-order valence-corrected chi connectivity index (χ3v) is 2.42. The van der Waals surface area contributed by atoms with Crippen LogP contribution in [0.25, 0.3) is 11.0 Å². The highest BCUT2D eigenvalue weighted by Crippen LogP contribution is 2.18. The SMILES string of the molecule is CC(C)(CN)n1nnc2ccccc21. The molecule has 0 spiro atoms. The van der Waals surface area contributed by atoms with E-state index in [2.05, 4.69) is 10.3 Å². The van der Waals surface area contributed by atoms with Gasteiger partial charge in [0.2, 0.25) is 0 Å². The molecule has 74 valence electrons. The normalized spacial score (nSPS) is 12.2. The largest absolute Gasteiger partial charge is 0.328 e. The van der Waals surface area contributed by atoms with Crippen LogP contribution in [0.2, 0.25) is 0 Å². The van der Waals surface area contributed by atoms with Gasteiger partial charge in [0, 0.05) is 6.54 Å². The molecule has 0 aliphatic heterocycles. The van der Waals surface area contributed by atoms with E-state index >= 15 is 0 Å². The quantitative estimate of drug-likeness (QED) is 0.772. The fraction of sp³-hybridized carbons (Fsp3) is 0.400. The molecule has 1 aromatic carbocycles. The number of para-hydroxylation sites is 1. The topological polar surface area (TPSA) is 56.7 Å². The van der Waals surface area contributed by atoms with E-state index in [0.717, 1.165) is 11.0 Å². The van der Waals surface area contributed by atoms with Crippen molar-refractivity contribution in [2.45, 2.75) is 19.4 Å². The van der Waals surface area contributed by atoms with Crippen LogP contribution in [0.5, 0.6) is 0 Å². The third kappa shape index (κ3) is 1.28. The van der Waals surface area contributed by atoms with Crippen LogP contribution in [-0.4, -0.2) is 21.5 Å². The number of nitrogens with zero attached hydrogens (tertiary/aromatic N) is 3. The minimum atomic E-state index is -0.184. The molecule has 0 atom stereocenters.